The lowest BCUT2D eigenvalue weighted by Gasteiger charge is -1.95. The zero-order chi connectivity index (χ0) is 9.52. The summed E-state index contributed by atoms with van der Waals surface area (Å²) in [6.45, 7) is 0.326. The van der Waals surface area contributed by atoms with Gasteiger partial charge in [-0.05, 0) is 6.08 Å². The van der Waals surface area contributed by atoms with Crippen LogP contribution in [-0.2, 0) is 9.53 Å². The molecule has 0 aliphatic heterocycles. The minimum atomic E-state index is -0.378. The van der Waals surface area contributed by atoms with E-state index in [-0.39, 0.29) is 5.97 Å². The third-order valence-electron chi connectivity index (χ3n) is 1.25. The molecular formula is C8H10N2O2S. The van der Waals surface area contributed by atoms with E-state index in [0.717, 1.165) is 0 Å². The van der Waals surface area contributed by atoms with Crippen LogP contribution in [0.3, 0.4) is 0 Å². The molecule has 0 aliphatic carbocycles. The van der Waals surface area contributed by atoms with E-state index in [9.17, 15) is 4.79 Å². The van der Waals surface area contributed by atoms with Crippen LogP contribution in [0.4, 0.5) is 0 Å². The van der Waals surface area contributed by atoms with Gasteiger partial charge in [0.2, 0.25) is 0 Å². The molecule has 0 saturated heterocycles. The minimum Gasteiger partial charge on any atom is -0.462 e. The van der Waals surface area contributed by atoms with Gasteiger partial charge in [-0.3, -0.25) is 0 Å². The number of rotatable bonds is 4. The molecule has 1 aromatic heterocycles. The van der Waals surface area contributed by atoms with E-state index in [1.54, 1.807) is 18.6 Å². The summed E-state index contributed by atoms with van der Waals surface area (Å²) in [6, 6.07) is 0. The molecule has 13 heavy (non-hydrogen) atoms. The molecule has 0 aliphatic rings. The highest BCUT2D eigenvalue weighted by Crippen LogP contribution is 1.94. The van der Waals surface area contributed by atoms with Gasteiger partial charge in [0.05, 0.1) is 12.0 Å². The Morgan fingerprint density at radius 1 is 1.77 bits per heavy atom. The van der Waals surface area contributed by atoms with Crippen LogP contribution in [0.2, 0.25) is 0 Å². The molecule has 0 spiro atoms. The van der Waals surface area contributed by atoms with E-state index in [0.29, 0.717) is 18.1 Å². The number of hydrogen-bond acceptors (Lipinski definition) is 4. The van der Waals surface area contributed by atoms with Crippen molar-refractivity contribution in [1.29, 1.82) is 0 Å². The molecule has 0 amide bonds. The van der Waals surface area contributed by atoms with Crippen LogP contribution in [0, 0.1) is 0 Å². The van der Waals surface area contributed by atoms with E-state index in [4.69, 9.17) is 4.74 Å². The third-order valence-corrected chi connectivity index (χ3v) is 1.43. The van der Waals surface area contributed by atoms with Gasteiger partial charge in [0.1, 0.15) is 6.61 Å². The smallest absolute Gasteiger partial charge is 0.330 e. The number of carbonyl (C=O) groups is 1. The van der Waals surface area contributed by atoms with E-state index in [2.05, 4.69) is 22.6 Å². The predicted octanol–water partition coefficient (Wildman–Crippen LogP) is 0.896. The number of H-pyrrole nitrogens is 1. The zero-order valence-electron chi connectivity index (χ0n) is 6.93. The van der Waals surface area contributed by atoms with Crippen molar-refractivity contribution < 1.29 is 9.53 Å². The van der Waals surface area contributed by atoms with Crippen molar-refractivity contribution in [2.45, 2.75) is 0 Å². The van der Waals surface area contributed by atoms with Gasteiger partial charge in [0, 0.05) is 18.0 Å². The maximum atomic E-state index is 10.9. The first-order chi connectivity index (χ1) is 6.33. The standard InChI is InChI=1S/C8H10N2O2S/c11-8(12-3-4-13)2-1-7-5-9-6-10-7/h1-2,5-6,13H,3-4H2,(H,9,10)/b2-1+. The number of aromatic amines is 1. The number of hydrogen-bond donors (Lipinski definition) is 2. The highest BCUT2D eigenvalue weighted by Gasteiger charge is 1.95. The number of nitrogens with zero attached hydrogens (tertiary/aromatic N) is 1. The topological polar surface area (TPSA) is 55.0 Å². The number of esters is 1. The van der Waals surface area contributed by atoms with Crippen molar-refractivity contribution in [3.8, 4) is 0 Å². The van der Waals surface area contributed by atoms with Gasteiger partial charge in [-0.25, -0.2) is 9.78 Å². The van der Waals surface area contributed by atoms with Crippen LogP contribution in [0.25, 0.3) is 6.08 Å². The second-order valence-corrected chi connectivity index (χ2v) is 2.67. The molecule has 0 aromatic carbocycles. The van der Waals surface area contributed by atoms with Crippen LogP contribution in [0.15, 0.2) is 18.6 Å². The fourth-order valence-corrected chi connectivity index (χ4v) is 0.802. The maximum absolute atomic E-state index is 10.9. The maximum Gasteiger partial charge on any atom is 0.330 e. The molecule has 0 bridgehead atoms. The summed E-state index contributed by atoms with van der Waals surface area (Å²) >= 11 is 3.90. The SMILES string of the molecule is O=C(/C=C/c1c[nH]cn1)OCCS. The van der Waals surface area contributed by atoms with Crippen LogP contribution < -0.4 is 0 Å². The summed E-state index contributed by atoms with van der Waals surface area (Å²) in [5.74, 6) is 0.152. The molecule has 0 radical (unpaired) electrons. The Balaban J connectivity index is 2.35. The van der Waals surface area contributed by atoms with Gasteiger partial charge in [0.15, 0.2) is 0 Å². The highest BCUT2D eigenvalue weighted by molar-refractivity contribution is 7.80. The molecule has 0 unspecified atom stereocenters. The molecule has 4 nitrogen and oxygen atoms in total. The van der Waals surface area contributed by atoms with Crippen molar-refractivity contribution >= 4 is 24.7 Å². The number of nitrogens with one attached hydrogen (secondary N) is 1. The average Bonchev–Trinajstić information content (AvgIpc) is 2.64. The van der Waals surface area contributed by atoms with Crippen LogP contribution >= 0.6 is 12.6 Å². The molecule has 0 saturated carbocycles. The third kappa shape index (κ3) is 3.80. The Bertz CT molecular complexity index is 282. The Morgan fingerprint density at radius 2 is 2.62 bits per heavy atom. The van der Waals surface area contributed by atoms with Crippen molar-refractivity contribution in [2.24, 2.45) is 0 Å². The summed E-state index contributed by atoms with van der Waals surface area (Å²) in [4.78, 5) is 17.6. The van der Waals surface area contributed by atoms with Crippen molar-refractivity contribution in [3.05, 3.63) is 24.3 Å². The quantitative estimate of drug-likeness (QED) is 0.429. The monoisotopic (exact) mass is 198 g/mol. The molecule has 0 fully saturated rings. The van der Waals surface area contributed by atoms with Gasteiger partial charge in [0.25, 0.3) is 0 Å². The zero-order valence-corrected chi connectivity index (χ0v) is 7.83. The molecule has 5 heteroatoms. The van der Waals surface area contributed by atoms with E-state index >= 15 is 0 Å². The van der Waals surface area contributed by atoms with Gasteiger partial charge in [-0.15, -0.1) is 0 Å². The lowest BCUT2D eigenvalue weighted by Crippen LogP contribution is -2.02. The number of imidazole rings is 1. The second kappa shape index (κ2) is 5.42. The normalized spacial score (nSPS) is 10.5. The van der Waals surface area contributed by atoms with Gasteiger partial charge in [-0.1, -0.05) is 0 Å². The number of thiol groups is 1. The Hall–Kier alpha value is -1.23. The van der Waals surface area contributed by atoms with Crippen LogP contribution in [-0.4, -0.2) is 28.3 Å². The van der Waals surface area contributed by atoms with E-state index in [1.165, 1.54) is 6.08 Å². The summed E-state index contributed by atoms with van der Waals surface area (Å²) < 4.78 is 4.75. The Labute approximate surface area is 81.4 Å². The fourth-order valence-electron chi connectivity index (χ4n) is 0.711. The van der Waals surface area contributed by atoms with Gasteiger partial charge in [-0.2, -0.15) is 12.6 Å². The summed E-state index contributed by atoms with van der Waals surface area (Å²) in [5.41, 5.74) is 0.697. The van der Waals surface area contributed by atoms with E-state index in [1.807, 2.05) is 0 Å². The fraction of sp³-hybridized carbons (Fsp3) is 0.250. The molecule has 70 valence electrons. The first kappa shape index (κ1) is 9.85. The first-order valence-corrected chi connectivity index (χ1v) is 4.40. The molecular weight excluding hydrogens is 188 g/mol. The minimum absolute atomic E-state index is 0.326. The van der Waals surface area contributed by atoms with Gasteiger partial charge < -0.3 is 9.72 Å². The van der Waals surface area contributed by atoms with Crippen molar-refractivity contribution in [3.63, 3.8) is 0 Å². The van der Waals surface area contributed by atoms with Crippen molar-refractivity contribution in [1.82, 2.24) is 9.97 Å². The predicted molar refractivity (Wildman–Crippen MR) is 52.4 cm³/mol. The summed E-state index contributed by atoms with van der Waals surface area (Å²) in [7, 11) is 0. The number of aromatic nitrogens is 2. The summed E-state index contributed by atoms with van der Waals surface area (Å²) in [5, 5.41) is 0. The number of carbonyl (C=O) groups excluding carboxylic acids is 1. The van der Waals surface area contributed by atoms with Crippen LogP contribution in [0.1, 0.15) is 5.69 Å². The lowest BCUT2D eigenvalue weighted by atomic mass is 10.4. The molecule has 1 N–H and O–H groups in total. The van der Waals surface area contributed by atoms with Crippen molar-refractivity contribution in [2.75, 3.05) is 12.4 Å². The molecule has 1 aromatic rings. The number of ether oxygens (including phenoxy) is 1. The second-order valence-electron chi connectivity index (χ2n) is 2.22. The Morgan fingerprint density at radius 3 is 3.23 bits per heavy atom. The first-order valence-electron chi connectivity index (χ1n) is 3.77. The average molecular weight is 198 g/mol. The molecule has 0 atom stereocenters. The summed E-state index contributed by atoms with van der Waals surface area (Å²) in [6.07, 6.45) is 6.14. The molecule has 1 rings (SSSR count). The van der Waals surface area contributed by atoms with Gasteiger partial charge >= 0.3 is 5.97 Å². The molecule has 1 heterocycles. The van der Waals surface area contributed by atoms with E-state index < -0.39 is 0 Å². The lowest BCUT2D eigenvalue weighted by molar-refractivity contribution is -0.137. The Kier molecular flexibility index (Phi) is 4.11. The largest absolute Gasteiger partial charge is 0.462 e. The van der Waals surface area contributed by atoms with Crippen LogP contribution in [0.5, 0.6) is 0 Å². The highest BCUT2D eigenvalue weighted by atomic mass is 32.1.